The molecular weight excluding hydrogens is 398 g/mol. The van der Waals surface area contributed by atoms with Gasteiger partial charge in [0.1, 0.15) is 5.15 Å². The Balaban J connectivity index is 1.60. The lowest BCUT2D eigenvalue weighted by Crippen LogP contribution is -2.25. The van der Waals surface area contributed by atoms with Crippen molar-refractivity contribution in [2.24, 2.45) is 0 Å². The van der Waals surface area contributed by atoms with Crippen LogP contribution in [0.25, 0.3) is 11.3 Å². The molecule has 6 heteroatoms. The predicted octanol–water partition coefficient (Wildman–Crippen LogP) is 4.98. The van der Waals surface area contributed by atoms with E-state index in [2.05, 4.69) is 9.97 Å². The highest BCUT2D eigenvalue weighted by Gasteiger charge is 2.09. The van der Waals surface area contributed by atoms with Gasteiger partial charge >= 0.3 is 0 Å². The Morgan fingerprint density at radius 1 is 0.933 bits per heavy atom. The lowest BCUT2D eigenvalue weighted by molar-refractivity contribution is -0.130. The van der Waals surface area contributed by atoms with Crippen molar-refractivity contribution in [1.82, 2.24) is 14.9 Å². The fourth-order valence-electron chi connectivity index (χ4n) is 3.10. The molecule has 5 nitrogen and oxygen atoms in total. The van der Waals surface area contributed by atoms with Gasteiger partial charge in [-0.15, -0.1) is 0 Å². The van der Waals surface area contributed by atoms with Crippen LogP contribution < -0.4 is 0 Å². The minimum absolute atomic E-state index is 0.0444. The number of benzene rings is 1. The van der Waals surface area contributed by atoms with Crippen LogP contribution in [0.15, 0.2) is 60.9 Å². The highest BCUT2D eigenvalue weighted by Crippen LogP contribution is 2.19. The maximum Gasteiger partial charge on any atom is 0.222 e. The van der Waals surface area contributed by atoms with E-state index in [1.54, 1.807) is 30.4 Å². The van der Waals surface area contributed by atoms with Gasteiger partial charge in [0.05, 0.1) is 5.69 Å². The van der Waals surface area contributed by atoms with Crippen LogP contribution in [0.1, 0.15) is 41.3 Å². The number of hydrogen-bond donors (Lipinski definition) is 0. The van der Waals surface area contributed by atoms with Crippen LogP contribution in [0.3, 0.4) is 0 Å². The Morgan fingerprint density at radius 3 is 2.27 bits per heavy atom. The molecular formula is C24H24ClN3O2. The largest absolute Gasteiger partial charge is 0.341 e. The molecule has 0 unspecified atom stereocenters. The van der Waals surface area contributed by atoms with E-state index < -0.39 is 0 Å². The van der Waals surface area contributed by atoms with Gasteiger partial charge in [0.25, 0.3) is 0 Å². The summed E-state index contributed by atoms with van der Waals surface area (Å²) in [6, 6.07) is 15.2. The normalized spacial score (nSPS) is 10.6. The summed E-state index contributed by atoms with van der Waals surface area (Å²) in [5, 5.41) is 0.444. The molecule has 0 aliphatic carbocycles. The molecule has 0 atom stereocenters. The van der Waals surface area contributed by atoms with Crippen molar-refractivity contribution in [2.75, 3.05) is 7.05 Å². The minimum atomic E-state index is 0.0444. The van der Waals surface area contributed by atoms with Gasteiger partial charge in [-0.05, 0) is 35.7 Å². The summed E-state index contributed by atoms with van der Waals surface area (Å²) in [7, 11) is 1.81. The van der Waals surface area contributed by atoms with Gasteiger partial charge in [-0.25, -0.2) is 4.98 Å². The van der Waals surface area contributed by atoms with Crippen LogP contribution >= 0.6 is 11.6 Å². The number of amides is 1. The lowest BCUT2D eigenvalue weighted by Gasteiger charge is -2.16. The number of aryl methyl sites for hydroxylation is 1. The van der Waals surface area contributed by atoms with Crippen molar-refractivity contribution < 1.29 is 9.59 Å². The SMILES string of the molecule is CCC(=O)N(C)Cc1ccc(-c2ccc(C(=O)CCc3ccc(Cl)nc3)cn2)cc1. The molecule has 30 heavy (non-hydrogen) atoms. The Morgan fingerprint density at radius 2 is 1.67 bits per heavy atom. The average Bonchev–Trinajstić information content (AvgIpc) is 2.78. The molecule has 2 aromatic heterocycles. The van der Waals surface area contributed by atoms with Gasteiger partial charge in [0, 0.05) is 50.0 Å². The number of hydrogen-bond acceptors (Lipinski definition) is 4. The van der Waals surface area contributed by atoms with Crippen LogP contribution in [0.2, 0.25) is 5.15 Å². The first-order valence-electron chi connectivity index (χ1n) is 9.89. The smallest absolute Gasteiger partial charge is 0.222 e. The molecule has 0 N–H and O–H groups in total. The third-order valence-corrected chi connectivity index (χ3v) is 5.14. The molecule has 0 saturated carbocycles. The lowest BCUT2D eigenvalue weighted by atomic mass is 10.0. The maximum atomic E-state index is 12.4. The summed E-state index contributed by atoms with van der Waals surface area (Å²) in [5.74, 6) is 0.163. The number of rotatable bonds is 8. The number of nitrogens with zero attached hydrogens (tertiary/aromatic N) is 3. The number of Topliss-reactive ketones (excluding diaryl/α,β-unsaturated/α-hetero) is 1. The van der Waals surface area contributed by atoms with E-state index in [1.165, 1.54) is 0 Å². The molecule has 0 spiro atoms. The molecule has 3 rings (SSSR count). The number of pyridine rings is 2. The summed E-state index contributed by atoms with van der Waals surface area (Å²) >= 11 is 5.78. The topological polar surface area (TPSA) is 63.2 Å². The molecule has 0 aliphatic rings. The molecule has 0 fully saturated rings. The van der Waals surface area contributed by atoms with Crippen LogP contribution in [0, 0.1) is 0 Å². The quantitative estimate of drug-likeness (QED) is 0.380. The monoisotopic (exact) mass is 421 g/mol. The summed E-state index contributed by atoms with van der Waals surface area (Å²) in [6.07, 6.45) is 4.82. The van der Waals surface area contributed by atoms with Crippen LogP contribution in [0.5, 0.6) is 0 Å². The third-order valence-electron chi connectivity index (χ3n) is 4.91. The number of aromatic nitrogens is 2. The molecule has 1 amide bonds. The molecule has 0 radical (unpaired) electrons. The first-order chi connectivity index (χ1) is 14.5. The zero-order valence-corrected chi connectivity index (χ0v) is 17.9. The summed E-state index contributed by atoms with van der Waals surface area (Å²) in [6.45, 7) is 2.44. The third kappa shape index (κ3) is 5.74. The second kappa shape index (κ2) is 10.1. The van der Waals surface area contributed by atoms with E-state index in [9.17, 15) is 9.59 Å². The fraction of sp³-hybridized carbons (Fsp3) is 0.250. The number of ketones is 1. The van der Waals surface area contributed by atoms with Crippen molar-refractivity contribution in [3.05, 3.63) is 82.8 Å². The Kier molecular flexibility index (Phi) is 7.31. The molecule has 154 valence electrons. The fourth-order valence-corrected chi connectivity index (χ4v) is 3.21. The second-order valence-electron chi connectivity index (χ2n) is 7.14. The van der Waals surface area contributed by atoms with Crippen molar-refractivity contribution >= 4 is 23.3 Å². The van der Waals surface area contributed by atoms with E-state index in [4.69, 9.17) is 11.6 Å². The van der Waals surface area contributed by atoms with Gasteiger partial charge in [-0.3, -0.25) is 14.6 Å². The molecule has 0 saturated heterocycles. The zero-order valence-electron chi connectivity index (χ0n) is 17.1. The van der Waals surface area contributed by atoms with E-state index >= 15 is 0 Å². The predicted molar refractivity (Wildman–Crippen MR) is 118 cm³/mol. The Bertz CT molecular complexity index is 1000. The van der Waals surface area contributed by atoms with Gasteiger partial charge < -0.3 is 4.90 Å². The van der Waals surface area contributed by atoms with Gasteiger partial charge in [0.15, 0.2) is 5.78 Å². The van der Waals surface area contributed by atoms with Gasteiger partial charge in [0.2, 0.25) is 5.91 Å². The minimum Gasteiger partial charge on any atom is -0.341 e. The van der Waals surface area contributed by atoms with Crippen molar-refractivity contribution in [1.29, 1.82) is 0 Å². The van der Waals surface area contributed by atoms with E-state index in [0.717, 1.165) is 22.4 Å². The highest BCUT2D eigenvalue weighted by molar-refractivity contribution is 6.29. The van der Waals surface area contributed by atoms with E-state index in [1.807, 2.05) is 49.4 Å². The molecule has 2 heterocycles. The summed E-state index contributed by atoms with van der Waals surface area (Å²) < 4.78 is 0. The summed E-state index contributed by atoms with van der Waals surface area (Å²) in [5.41, 5.74) is 4.40. The van der Waals surface area contributed by atoms with Gasteiger partial charge in [-0.2, -0.15) is 0 Å². The maximum absolute atomic E-state index is 12.4. The zero-order chi connectivity index (χ0) is 21.5. The number of carbonyl (C=O) groups excluding carboxylic acids is 2. The number of carbonyl (C=O) groups is 2. The Labute approximate surface area is 181 Å². The van der Waals surface area contributed by atoms with Crippen LogP contribution in [0.4, 0.5) is 0 Å². The van der Waals surface area contributed by atoms with Crippen molar-refractivity contribution in [2.45, 2.75) is 32.7 Å². The van der Waals surface area contributed by atoms with E-state index in [-0.39, 0.29) is 11.7 Å². The molecule has 0 bridgehead atoms. The molecule has 1 aromatic carbocycles. The van der Waals surface area contributed by atoms with Crippen molar-refractivity contribution in [3.8, 4) is 11.3 Å². The number of halogens is 1. The molecule has 0 aliphatic heterocycles. The first-order valence-corrected chi connectivity index (χ1v) is 10.3. The highest BCUT2D eigenvalue weighted by atomic mass is 35.5. The first kappa shape index (κ1) is 21.7. The van der Waals surface area contributed by atoms with Crippen LogP contribution in [-0.4, -0.2) is 33.6 Å². The van der Waals surface area contributed by atoms with Gasteiger partial charge in [-0.1, -0.05) is 48.9 Å². The van der Waals surface area contributed by atoms with Crippen molar-refractivity contribution in [3.63, 3.8) is 0 Å². The second-order valence-corrected chi connectivity index (χ2v) is 7.53. The summed E-state index contributed by atoms with van der Waals surface area (Å²) in [4.78, 5) is 34.4. The Hall–Kier alpha value is -3.05. The van der Waals surface area contributed by atoms with E-state index in [0.29, 0.717) is 36.5 Å². The standard InChI is InChI=1S/C24H24ClN3O2/c1-3-24(30)28(2)16-18-4-8-19(9-5-18)21-11-10-20(15-26-21)22(29)12-6-17-7-13-23(25)27-14-17/h4-5,7-11,13-15H,3,6,12,16H2,1-2H3. The van der Waals surface area contributed by atoms with Crippen LogP contribution in [-0.2, 0) is 17.8 Å². The average molecular weight is 422 g/mol. The molecule has 3 aromatic rings.